The molecule has 0 radical (unpaired) electrons. The first kappa shape index (κ1) is 12.6. The molecule has 0 unspecified atom stereocenters. The van der Waals surface area contributed by atoms with Crippen LogP contribution in [0.15, 0.2) is 5.38 Å². The van der Waals surface area contributed by atoms with Crippen LogP contribution in [0.4, 0.5) is 0 Å². The monoisotopic (exact) mass is 228 g/mol. The maximum Gasteiger partial charge on any atom is 0.0951 e. The van der Waals surface area contributed by atoms with Crippen molar-refractivity contribution in [3.63, 3.8) is 0 Å². The van der Waals surface area contributed by atoms with E-state index in [1.807, 2.05) is 0 Å². The molecule has 0 saturated carbocycles. The Morgan fingerprint density at radius 1 is 1.47 bits per heavy atom. The normalized spacial score (nSPS) is 12.0. The second-order valence-electron chi connectivity index (χ2n) is 4.58. The fraction of sp³-hybridized carbons (Fsp3) is 0.727. The zero-order chi connectivity index (χ0) is 11.3. The molecule has 1 rings (SSSR count). The molecular formula is C11H20N2OS. The fourth-order valence-electron chi connectivity index (χ4n) is 1.09. The Bertz CT molecular complexity index is 291. The number of rotatable bonds is 5. The first-order chi connectivity index (χ1) is 7.01. The number of methoxy groups -OCH3 is 1. The molecule has 86 valence electrons. The summed E-state index contributed by atoms with van der Waals surface area (Å²) >= 11 is 1.71. The molecule has 1 N–H and O–H groups in total. The maximum absolute atomic E-state index is 5.02. The summed E-state index contributed by atoms with van der Waals surface area (Å²) in [6, 6.07) is 0. The highest BCUT2D eigenvalue weighted by Crippen LogP contribution is 2.11. The largest absolute Gasteiger partial charge is 0.384 e. The van der Waals surface area contributed by atoms with Gasteiger partial charge in [-0.2, -0.15) is 0 Å². The molecule has 1 aromatic heterocycles. The highest BCUT2D eigenvalue weighted by molar-refractivity contribution is 7.09. The number of aromatic nitrogens is 1. The molecule has 0 aliphatic heterocycles. The highest BCUT2D eigenvalue weighted by Gasteiger charge is 2.09. The molecule has 3 nitrogen and oxygen atoms in total. The third-order valence-electron chi connectivity index (χ3n) is 1.92. The molecular weight excluding hydrogens is 208 g/mol. The van der Waals surface area contributed by atoms with Crippen LogP contribution in [0.2, 0.25) is 0 Å². The number of nitrogens with zero attached hydrogens (tertiary/aromatic N) is 1. The predicted octanol–water partition coefficient (Wildman–Crippen LogP) is 2.22. The Morgan fingerprint density at radius 2 is 2.20 bits per heavy atom. The maximum atomic E-state index is 5.02. The van der Waals surface area contributed by atoms with E-state index >= 15 is 0 Å². The predicted molar refractivity (Wildman–Crippen MR) is 64.3 cm³/mol. The van der Waals surface area contributed by atoms with Crippen molar-refractivity contribution in [2.75, 3.05) is 13.7 Å². The molecule has 0 atom stereocenters. The lowest BCUT2D eigenvalue weighted by Crippen LogP contribution is -2.35. The van der Waals surface area contributed by atoms with Crippen molar-refractivity contribution in [3.05, 3.63) is 16.1 Å². The van der Waals surface area contributed by atoms with Crippen molar-refractivity contribution in [2.24, 2.45) is 0 Å². The lowest BCUT2D eigenvalue weighted by atomic mass is 10.1. The number of ether oxygens (including phenoxy) is 1. The van der Waals surface area contributed by atoms with Crippen molar-refractivity contribution in [1.82, 2.24) is 10.3 Å². The smallest absolute Gasteiger partial charge is 0.0951 e. The first-order valence-corrected chi connectivity index (χ1v) is 6.06. The Labute approximate surface area is 95.9 Å². The summed E-state index contributed by atoms with van der Waals surface area (Å²) < 4.78 is 5.02. The molecule has 0 bridgehead atoms. The molecule has 0 saturated heterocycles. The van der Waals surface area contributed by atoms with Crippen LogP contribution in [0.3, 0.4) is 0 Å². The number of nitrogens with one attached hydrogen (secondary N) is 1. The van der Waals surface area contributed by atoms with Crippen LogP contribution in [0.25, 0.3) is 0 Å². The molecule has 0 aliphatic rings. The van der Waals surface area contributed by atoms with Crippen molar-refractivity contribution in [2.45, 2.75) is 39.3 Å². The van der Waals surface area contributed by atoms with E-state index in [0.29, 0.717) is 0 Å². The van der Waals surface area contributed by atoms with Crippen molar-refractivity contribution >= 4 is 11.3 Å². The van der Waals surface area contributed by atoms with Gasteiger partial charge in [0.1, 0.15) is 0 Å². The zero-order valence-corrected chi connectivity index (χ0v) is 10.8. The van der Waals surface area contributed by atoms with Gasteiger partial charge in [-0.1, -0.05) is 0 Å². The Hall–Kier alpha value is -0.450. The average Bonchev–Trinajstić information content (AvgIpc) is 2.58. The second kappa shape index (κ2) is 5.58. The Kier molecular flexibility index (Phi) is 4.70. The molecule has 1 aromatic rings. The topological polar surface area (TPSA) is 34.1 Å². The minimum Gasteiger partial charge on any atom is -0.384 e. The lowest BCUT2D eigenvalue weighted by molar-refractivity contribution is 0.202. The van der Waals surface area contributed by atoms with Gasteiger partial charge in [0.25, 0.3) is 0 Å². The van der Waals surface area contributed by atoms with Crippen LogP contribution in [-0.4, -0.2) is 24.2 Å². The van der Waals surface area contributed by atoms with Gasteiger partial charge in [-0.3, -0.25) is 0 Å². The number of hydrogen-bond acceptors (Lipinski definition) is 4. The summed E-state index contributed by atoms with van der Waals surface area (Å²) in [5, 5.41) is 6.69. The standard InChI is InChI=1S/C11H20N2OS/c1-11(2,3)12-7-9-8-15-10(13-9)5-6-14-4/h8,12H,5-7H2,1-4H3. The molecule has 15 heavy (non-hydrogen) atoms. The molecule has 1 heterocycles. The van der Waals surface area contributed by atoms with E-state index < -0.39 is 0 Å². The number of thiazole rings is 1. The van der Waals surface area contributed by atoms with Gasteiger partial charge in [0.15, 0.2) is 0 Å². The highest BCUT2D eigenvalue weighted by atomic mass is 32.1. The van der Waals surface area contributed by atoms with Crippen molar-refractivity contribution in [1.29, 1.82) is 0 Å². The SMILES string of the molecule is COCCc1nc(CNC(C)(C)C)cs1. The van der Waals surface area contributed by atoms with E-state index in [2.05, 4.69) is 36.5 Å². The van der Waals surface area contributed by atoms with Crippen LogP contribution < -0.4 is 5.32 Å². The summed E-state index contributed by atoms with van der Waals surface area (Å²) in [5.41, 5.74) is 1.28. The van der Waals surface area contributed by atoms with Crippen LogP contribution in [0.5, 0.6) is 0 Å². The second-order valence-corrected chi connectivity index (χ2v) is 5.52. The Balaban J connectivity index is 2.39. The van der Waals surface area contributed by atoms with Crippen LogP contribution in [0.1, 0.15) is 31.5 Å². The van der Waals surface area contributed by atoms with Crippen LogP contribution in [0, 0.1) is 0 Å². The Morgan fingerprint density at radius 3 is 2.80 bits per heavy atom. The molecule has 0 aliphatic carbocycles. The van der Waals surface area contributed by atoms with Gasteiger partial charge in [0.05, 0.1) is 17.3 Å². The van der Waals surface area contributed by atoms with Crippen LogP contribution in [-0.2, 0) is 17.7 Å². The third kappa shape index (κ3) is 5.25. The molecule has 4 heteroatoms. The fourth-order valence-corrected chi connectivity index (χ4v) is 1.87. The molecule has 0 aromatic carbocycles. The molecule has 0 amide bonds. The quantitative estimate of drug-likeness (QED) is 0.839. The summed E-state index contributed by atoms with van der Waals surface area (Å²) in [6.45, 7) is 8.06. The lowest BCUT2D eigenvalue weighted by Gasteiger charge is -2.19. The van der Waals surface area contributed by atoms with Gasteiger partial charge >= 0.3 is 0 Å². The summed E-state index contributed by atoms with van der Waals surface area (Å²) in [5.74, 6) is 0. The van der Waals surface area contributed by atoms with E-state index in [-0.39, 0.29) is 5.54 Å². The summed E-state index contributed by atoms with van der Waals surface area (Å²) in [6.07, 6.45) is 0.913. The van der Waals surface area contributed by atoms with Gasteiger partial charge in [0.2, 0.25) is 0 Å². The van der Waals surface area contributed by atoms with Crippen molar-refractivity contribution in [3.8, 4) is 0 Å². The van der Waals surface area contributed by atoms with Gasteiger partial charge in [-0.15, -0.1) is 11.3 Å². The zero-order valence-electron chi connectivity index (χ0n) is 9.96. The van der Waals surface area contributed by atoms with E-state index in [0.717, 1.165) is 30.3 Å². The van der Waals surface area contributed by atoms with Crippen molar-refractivity contribution < 1.29 is 4.74 Å². The minimum absolute atomic E-state index is 0.149. The summed E-state index contributed by atoms with van der Waals surface area (Å²) in [4.78, 5) is 4.53. The van der Waals surface area contributed by atoms with Crippen LogP contribution >= 0.6 is 11.3 Å². The molecule has 0 fully saturated rings. The number of hydrogen-bond donors (Lipinski definition) is 1. The van der Waals surface area contributed by atoms with E-state index in [4.69, 9.17) is 4.74 Å². The minimum atomic E-state index is 0.149. The van der Waals surface area contributed by atoms with E-state index in [9.17, 15) is 0 Å². The average molecular weight is 228 g/mol. The van der Waals surface area contributed by atoms with E-state index in [1.165, 1.54) is 0 Å². The van der Waals surface area contributed by atoms with Gasteiger partial charge in [0, 0.05) is 31.0 Å². The van der Waals surface area contributed by atoms with E-state index in [1.54, 1.807) is 18.4 Å². The molecule has 0 spiro atoms. The third-order valence-corrected chi connectivity index (χ3v) is 2.88. The van der Waals surface area contributed by atoms with Gasteiger partial charge in [-0.25, -0.2) is 4.98 Å². The first-order valence-electron chi connectivity index (χ1n) is 5.18. The summed E-state index contributed by atoms with van der Waals surface area (Å²) in [7, 11) is 1.72. The van der Waals surface area contributed by atoms with Gasteiger partial charge in [-0.05, 0) is 20.8 Å². The van der Waals surface area contributed by atoms with Gasteiger partial charge < -0.3 is 10.1 Å².